The largest absolute Gasteiger partial charge is 0.497 e. The van der Waals surface area contributed by atoms with Crippen LogP contribution in [0.3, 0.4) is 0 Å². The molecule has 1 aliphatic rings. The summed E-state index contributed by atoms with van der Waals surface area (Å²) in [4.78, 5) is 25.3. The SMILES string of the molecule is COc1ccc(N2CCN(c3cc(Cl)nc(SCC(=O)NC(C)C)n3)CC2)cc1. The summed E-state index contributed by atoms with van der Waals surface area (Å²) in [5.41, 5.74) is 1.18. The number of methoxy groups -OCH3 is 1. The van der Waals surface area contributed by atoms with Gasteiger partial charge in [-0.25, -0.2) is 9.97 Å². The first-order valence-electron chi connectivity index (χ1n) is 9.55. The number of hydrogen-bond donors (Lipinski definition) is 1. The van der Waals surface area contributed by atoms with E-state index in [0.717, 1.165) is 37.7 Å². The van der Waals surface area contributed by atoms with Crippen molar-refractivity contribution in [1.82, 2.24) is 15.3 Å². The number of benzene rings is 1. The highest BCUT2D eigenvalue weighted by Crippen LogP contribution is 2.25. The van der Waals surface area contributed by atoms with Gasteiger partial charge in [-0.1, -0.05) is 23.4 Å². The molecule has 2 heterocycles. The number of rotatable bonds is 7. The Morgan fingerprint density at radius 1 is 1.17 bits per heavy atom. The Labute approximate surface area is 180 Å². The number of amides is 1. The molecular formula is C20H26ClN5O2S. The lowest BCUT2D eigenvalue weighted by molar-refractivity contribution is -0.119. The minimum absolute atomic E-state index is 0.0387. The summed E-state index contributed by atoms with van der Waals surface area (Å²) < 4.78 is 5.23. The zero-order valence-electron chi connectivity index (χ0n) is 16.9. The van der Waals surface area contributed by atoms with Crippen molar-refractivity contribution >= 4 is 40.8 Å². The molecule has 0 bridgehead atoms. The molecule has 0 radical (unpaired) electrons. The summed E-state index contributed by atoms with van der Waals surface area (Å²) in [6.07, 6.45) is 0. The average molecular weight is 436 g/mol. The van der Waals surface area contributed by atoms with Crippen molar-refractivity contribution in [3.05, 3.63) is 35.5 Å². The van der Waals surface area contributed by atoms with Gasteiger partial charge in [-0.3, -0.25) is 4.79 Å². The number of thioether (sulfide) groups is 1. The van der Waals surface area contributed by atoms with Crippen LogP contribution in [-0.2, 0) is 4.79 Å². The normalized spacial score (nSPS) is 14.2. The summed E-state index contributed by atoms with van der Waals surface area (Å²) in [5, 5.41) is 3.77. The number of aromatic nitrogens is 2. The van der Waals surface area contributed by atoms with E-state index in [1.54, 1.807) is 13.2 Å². The Bertz CT molecular complexity index is 826. The molecule has 1 aromatic carbocycles. The van der Waals surface area contributed by atoms with E-state index in [1.165, 1.54) is 17.4 Å². The number of halogens is 1. The molecule has 156 valence electrons. The number of piperazine rings is 1. The highest BCUT2D eigenvalue weighted by molar-refractivity contribution is 7.99. The second kappa shape index (κ2) is 10.0. The van der Waals surface area contributed by atoms with E-state index in [9.17, 15) is 4.79 Å². The Kier molecular flexibility index (Phi) is 7.44. The summed E-state index contributed by atoms with van der Waals surface area (Å²) >= 11 is 7.50. The molecule has 1 aliphatic heterocycles. The van der Waals surface area contributed by atoms with Crippen molar-refractivity contribution in [2.75, 3.05) is 48.8 Å². The number of anilines is 2. The van der Waals surface area contributed by atoms with Crippen molar-refractivity contribution in [3.8, 4) is 5.75 Å². The van der Waals surface area contributed by atoms with Crippen LogP contribution >= 0.6 is 23.4 Å². The first-order valence-corrected chi connectivity index (χ1v) is 10.9. The molecule has 1 aromatic heterocycles. The predicted molar refractivity (Wildman–Crippen MR) is 118 cm³/mol. The molecule has 1 N–H and O–H groups in total. The average Bonchev–Trinajstić information content (AvgIpc) is 2.72. The molecule has 0 saturated carbocycles. The third-order valence-corrected chi connectivity index (χ3v) is 5.53. The lowest BCUT2D eigenvalue weighted by atomic mass is 10.2. The molecule has 0 aliphatic carbocycles. The third-order valence-electron chi connectivity index (χ3n) is 4.48. The van der Waals surface area contributed by atoms with E-state index in [0.29, 0.717) is 10.3 Å². The van der Waals surface area contributed by atoms with E-state index in [-0.39, 0.29) is 17.7 Å². The van der Waals surface area contributed by atoms with Crippen LogP contribution in [0.25, 0.3) is 0 Å². The van der Waals surface area contributed by atoms with Gasteiger partial charge in [-0.05, 0) is 38.1 Å². The van der Waals surface area contributed by atoms with E-state index >= 15 is 0 Å². The Morgan fingerprint density at radius 2 is 1.83 bits per heavy atom. The summed E-state index contributed by atoms with van der Waals surface area (Å²) in [6.45, 7) is 7.29. The molecule has 1 amide bonds. The summed E-state index contributed by atoms with van der Waals surface area (Å²) in [7, 11) is 1.67. The molecule has 9 heteroatoms. The number of hydrogen-bond acceptors (Lipinski definition) is 7. The molecule has 0 spiro atoms. The number of ether oxygens (including phenoxy) is 1. The first-order chi connectivity index (χ1) is 13.9. The smallest absolute Gasteiger partial charge is 0.230 e. The fraction of sp³-hybridized carbons (Fsp3) is 0.450. The van der Waals surface area contributed by atoms with Crippen LogP contribution in [0.1, 0.15) is 13.8 Å². The van der Waals surface area contributed by atoms with Crippen molar-refractivity contribution in [2.24, 2.45) is 0 Å². The fourth-order valence-corrected chi connectivity index (χ4v) is 3.98. The minimum Gasteiger partial charge on any atom is -0.497 e. The van der Waals surface area contributed by atoms with Gasteiger partial charge in [0.05, 0.1) is 12.9 Å². The van der Waals surface area contributed by atoms with Gasteiger partial charge in [0.1, 0.15) is 16.7 Å². The van der Waals surface area contributed by atoms with Crippen LogP contribution in [0, 0.1) is 0 Å². The number of nitrogens with zero attached hydrogens (tertiary/aromatic N) is 4. The van der Waals surface area contributed by atoms with Gasteiger partial charge in [0.25, 0.3) is 0 Å². The molecule has 7 nitrogen and oxygen atoms in total. The summed E-state index contributed by atoms with van der Waals surface area (Å²) in [5.74, 6) is 1.88. The van der Waals surface area contributed by atoms with E-state index in [1.807, 2.05) is 26.0 Å². The maximum Gasteiger partial charge on any atom is 0.230 e. The molecular weight excluding hydrogens is 410 g/mol. The third kappa shape index (κ3) is 6.14. The number of nitrogens with one attached hydrogen (secondary N) is 1. The predicted octanol–water partition coefficient (Wildman–Crippen LogP) is 3.08. The maximum absolute atomic E-state index is 11.9. The topological polar surface area (TPSA) is 70.6 Å². The molecule has 3 rings (SSSR count). The second-order valence-corrected chi connectivity index (χ2v) is 8.34. The first kappa shape index (κ1) is 21.5. The number of carbonyl (C=O) groups excluding carboxylic acids is 1. The van der Waals surface area contributed by atoms with Gasteiger partial charge in [0.15, 0.2) is 5.16 Å². The minimum atomic E-state index is -0.0387. The van der Waals surface area contributed by atoms with Crippen molar-refractivity contribution in [3.63, 3.8) is 0 Å². The summed E-state index contributed by atoms with van der Waals surface area (Å²) in [6, 6.07) is 10.00. The van der Waals surface area contributed by atoms with Gasteiger partial charge in [0, 0.05) is 44.0 Å². The Morgan fingerprint density at radius 3 is 2.45 bits per heavy atom. The Hall–Kier alpha value is -2.19. The van der Waals surface area contributed by atoms with Crippen LogP contribution in [-0.4, -0.2) is 61.0 Å². The molecule has 0 atom stereocenters. The lowest BCUT2D eigenvalue weighted by Crippen LogP contribution is -2.46. The van der Waals surface area contributed by atoms with Gasteiger partial charge in [-0.2, -0.15) is 0 Å². The van der Waals surface area contributed by atoms with Crippen LogP contribution in [0.4, 0.5) is 11.5 Å². The van der Waals surface area contributed by atoms with Crippen molar-refractivity contribution in [2.45, 2.75) is 25.0 Å². The molecule has 0 unspecified atom stereocenters. The lowest BCUT2D eigenvalue weighted by Gasteiger charge is -2.36. The highest BCUT2D eigenvalue weighted by atomic mass is 35.5. The van der Waals surface area contributed by atoms with Gasteiger partial charge < -0.3 is 19.9 Å². The quantitative estimate of drug-likeness (QED) is 0.407. The van der Waals surface area contributed by atoms with E-state index < -0.39 is 0 Å². The second-order valence-electron chi connectivity index (χ2n) is 7.01. The molecule has 2 aromatic rings. The van der Waals surface area contributed by atoms with Crippen LogP contribution in [0.2, 0.25) is 5.15 Å². The van der Waals surface area contributed by atoms with Gasteiger partial charge >= 0.3 is 0 Å². The van der Waals surface area contributed by atoms with Crippen molar-refractivity contribution in [1.29, 1.82) is 0 Å². The molecule has 29 heavy (non-hydrogen) atoms. The maximum atomic E-state index is 11.9. The van der Waals surface area contributed by atoms with Crippen LogP contribution in [0.15, 0.2) is 35.5 Å². The van der Waals surface area contributed by atoms with E-state index in [2.05, 4.69) is 37.2 Å². The van der Waals surface area contributed by atoms with Gasteiger partial charge in [0.2, 0.25) is 5.91 Å². The number of carbonyl (C=O) groups is 1. The zero-order valence-corrected chi connectivity index (χ0v) is 18.5. The van der Waals surface area contributed by atoms with E-state index in [4.69, 9.17) is 16.3 Å². The fourth-order valence-electron chi connectivity index (χ4n) is 3.09. The standard InChI is InChI=1S/C20H26ClN5O2S/c1-14(2)22-19(27)13-29-20-23-17(21)12-18(24-20)26-10-8-25(9-11-26)15-4-6-16(28-3)7-5-15/h4-7,12,14H,8-11,13H2,1-3H3,(H,22,27). The highest BCUT2D eigenvalue weighted by Gasteiger charge is 2.20. The zero-order chi connectivity index (χ0) is 20.8. The van der Waals surface area contributed by atoms with Crippen molar-refractivity contribution < 1.29 is 9.53 Å². The van der Waals surface area contributed by atoms with Gasteiger partial charge in [-0.15, -0.1) is 0 Å². The Balaban J connectivity index is 1.59. The molecule has 1 saturated heterocycles. The molecule has 1 fully saturated rings. The van der Waals surface area contributed by atoms with Crippen LogP contribution in [0.5, 0.6) is 5.75 Å². The van der Waals surface area contributed by atoms with Crippen LogP contribution < -0.4 is 19.9 Å². The monoisotopic (exact) mass is 435 g/mol.